The van der Waals surface area contributed by atoms with Crippen LogP contribution in [0.4, 0.5) is 0 Å². The topological polar surface area (TPSA) is 20.2 Å². The zero-order valence-corrected chi connectivity index (χ0v) is 11.1. The van der Waals surface area contributed by atoms with Crippen LogP contribution in [0.3, 0.4) is 0 Å². The van der Waals surface area contributed by atoms with Crippen LogP contribution in [0.1, 0.15) is 34.6 Å². The highest BCUT2D eigenvalue weighted by molar-refractivity contribution is 6.83. The standard InChI is InChI=1S/C11H24OSi/c1-8-9-11(5,12)13(6,7)10(2,3)4/h8-9,12H,1-7H3/b9-8-/t11-/m0/s1. The summed E-state index contributed by atoms with van der Waals surface area (Å²) in [6.45, 7) is 15.0. The van der Waals surface area contributed by atoms with Crippen molar-refractivity contribution in [1.82, 2.24) is 0 Å². The summed E-state index contributed by atoms with van der Waals surface area (Å²) in [5.74, 6) is 0. The van der Waals surface area contributed by atoms with E-state index in [0.717, 1.165) is 0 Å². The van der Waals surface area contributed by atoms with Crippen molar-refractivity contribution in [1.29, 1.82) is 0 Å². The van der Waals surface area contributed by atoms with Gasteiger partial charge in [-0.2, -0.15) is 0 Å². The summed E-state index contributed by atoms with van der Waals surface area (Å²) in [4.78, 5) is 0. The van der Waals surface area contributed by atoms with Crippen LogP contribution in [0.2, 0.25) is 18.1 Å². The largest absolute Gasteiger partial charge is 0.390 e. The van der Waals surface area contributed by atoms with Gasteiger partial charge in [-0.3, -0.25) is 0 Å². The Morgan fingerprint density at radius 2 is 1.46 bits per heavy atom. The lowest BCUT2D eigenvalue weighted by Crippen LogP contribution is -2.56. The van der Waals surface area contributed by atoms with Gasteiger partial charge in [0.2, 0.25) is 0 Å². The van der Waals surface area contributed by atoms with Gasteiger partial charge in [-0.1, -0.05) is 46.0 Å². The van der Waals surface area contributed by atoms with Crippen LogP contribution >= 0.6 is 0 Å². The Bertz CT molecular complexity index is 197. The third kappa shape index (κ3) is 2.44. The predicted molar refractivity (Wildman–Crippen MR) is 62.6 cm³/mol. The average molecular weight is 200 g/mol. The van der Waals surface area contributed by atoms with Gasteiger partial charge < -0.3 is 5.11 Å². The third-order valence-electron chi connectivity index (χ3n) is 3.63. The zero-order chi connectivity index (χ0) is 10.9. The Morgan fingerprint density at radius 3 is 1.69 bits per heavy atom. The molecule has 1 nitrogen and oxygen atoms in total. The Balaban J connectivity index is 5.03. The van der Waals surface area contributed by atoms with Crippen molar-refractivity contribution < 1.29 is 5.11 Å². The number of rotatable bonds is 2. The third-order valence-corrected chi connectivity index (χ3v) is 10.1. The second-order valence-electron chi connectivity index (χ2n) is 5.52. The fraction of sp³-hybridized carbons (Fsp3) is 0.818. The molecule has 0 amide bonds. The summed E-state index contributed by atoms with van der Waals surface area (Å²) in [7, 11) is -1.68. The number of aliphatic hydroxyl groups is 1. The van der Waals surface area contributed by atoms with Gasteiger partial charge in [0.05, 0.1) is 13.3 Å². The minimum absolute atomic E-state index is 0.218. The van der Waals surface area contributed by atoms with E-state index in [1.807, 2.05) is 26.0 Å². The van der Waals surface area contributed by atoms with E-state index >= 15 is 0 Å². The average Bonchev–Trinajstić information content (AvgIpc) is 1.84. The minimum atomic E-state index is -1.68. The smallest absolute Gasteiger partial charge is 0.0949 e. The van der Waals surface area contributed by atoms with E-state index in [2.05, 4.69) is 33.9 Å². The second-order valence-corrected chi connectivity index (χ2v) is 11.3. The van der Waals surface area contributed by atoms with Crippen molar-refractivity contribution in [3.8, 4) is 0 Å². The van der Waals surface area contributed by atoms with Crippen LogP contribution in [0.5, 0.6) is 0 Å². The first-order chi connectivity index (χ1) is 5.56. The van der Waals surface area contributed by atoms with Crippen molar-refractivity contribution in [3.05, 3.63) is 12.2 Å². The lowest BCUT2D eigenvalue weighted by Gasteiger charge is -2.46. The Labute approximate surface area is 83.9 Å². The highest BCUT2D eigenvalue weighted by Crippen LogP contribution is 2.42. The molecule has 78 valence electrons. The summed E-state index contributed by atoms with van der Waals surface area (Å²) < 4.78 is 0. The van der Waals surface area contributed by atoms with Gasteiger partial charge >= 0.3 is 0 Å². The van der Waals surface area contributed by atoms with E-state index in [1.54, 1.807) is 0 Å². The molecule has 0 aliphatic rings. The van der Waals surface area contributed by atoms with E-state index in [1.165, 1.54) is 0 Å². The summed E-state index contributed by atoms with van der Waals surface area (Å²) in [5, 5.41) is 9.96. The van der Waals surface area contributed by atoms with E-state index in [0.29, 0.717) is 0 Å². The molecule has 1 atom stereocenters. The molecule has 0 heterocycles. The van der Waals surface area contributed by atoms with Crippen LogP contribution in [-0.2, 0) is 0 Å². The molecule has 13 heavy (non-hydrogen) atoms. The zero-order valence-electron chi connectivity index (χ0n) is 10.1. The molecule has 0 aliphatic heterocycles. The van der Waals surface area contributed by atoms with Gasteiger partial charge in [0.25, 0.3) is 0 Å². The highest BCUT2D eigenvalue weighted by Gasteiger charge is 2.47. The van der Waals surface area contributed by atoms with Crippen LogP contribution in [-0.4, -0.2) is 18.4 Å². The summed E-state index contributed by atoms with van der Waals surface area (Å²) in [6, 6.07) is 0. The number of allylic oxidation sites excluding steroid dienone is 1. The monoisotopic (exact) mass is 200 g/mol. The molecule has 0 unspecified atom stereocenters. The van der Waals surface area contributed by atoms with Gasteiger partial charge in [-0.15, -0.1) is 0 Å². The SMILES string of the molecule is C/C=C\[C@@](C)(O)[Si](C)(C)C(C)(C)C. The maximum absolute atomic E-state index is 10.4. The first kappa shape index (κ1) is 12.9. The number of hydrogen-bond donors (Lipinski definition) is 1. The molecule has 2 heteroatoms. The molecule has 0 aromatic carbocycles. The summed E-state index contributed by atoms with van der Waals surface area (Å²) >= 11 is 0. The highest BCUT2D eigenvalue weighted by atomic mass is 28.3. The molecule has 0 aliphatic carbocycles. The van der Waals surface area contributed by atoms with Crippen molar-refractivity contribution in [2.75, 3.05) is 0 Å². The fourth-order valence-corrected chi connectivity index (χ4v) is 3.39. The van der Waals surface area contributed by atoms with Gasteiger partial charge in [0, 0.05) is 0 Å². The van der Waals surface area contributed by atoms with Gasteiger partial charge in [-0.05, 0) is 18.9 Å². The Hall–Kier alpha value is -0.0831. The molecule has 0 bridgehead atoms. The molecule has 0 saturated heterocycles. The molecule has 0 radical (unpaired) electrons. The molecular weight excluding hydrogens is 176 g/mol. The molecule has 0 rings (SSSR count). The molecule has 0 aromatic heterocycles. The first-order valence-electron chi connectivity index (χ1n) is 4.92. The lowest BCUT2D eigenvalue weighted by molar-refractivity contribution is 0.180. The lowest BCUT2D eigenvalue weighted by atomic mass is 10.2. The van der Waals surface area contributed by atoms with Crippen molar-refractivity contribution in [3.63, 3.8) is 0 Å². The summed E-state index contributed by atoms with van der Waals surface area (Å²) in [6.07, 6.45) is 3.88. The maximum Gasteiger partial charge on any atom is 0.0949 e. The minimum Gasteiger partial charge on any atom is -0.390 e. The van der Waals surface area contributed by atoms with Crippen molar-refractivity contribution in [2.24, 2.45) is 0 Å². The fourth-order valence-electron chi connectivity index (χ4n) is 1.29. The van der Waals surface area contributed by atoms with E-state index in [4.69, 9.17) is 0 Å². The molecule has 0 saturated carbocycles. The van der Waals surface area contributed by atoms with E-state index in [-0.39, 0.29) is 5.04 Å². The molecular formula is C11H24OSi. The van der Waals surface area contributed by atoms with Crippen LogP contribution in [0.15, 0.2) is 12.2 Å². The molecule has 1 N–H and O–H groups in total. The number of hydrogen-bond acceptors (Lipinski definition) is 1. The Kier molecular flexibility index (Phi) is 3.56. The summed E-state index contributed by atoms with van der Waals surface area (Å²) in [5.41, 5.74) is 0. The molecule has 0 spiro atoms. The Morgan fingerprint density at radius 1 is 1.08 bits per heavy atom. The van der Waals surface area contributed by atoms with Crippen molar-refractivity contribution >= 4 is 8.07 Å². The van der Waals surface area contributed by atoms with Gasteiger partial charge in [0.15, 0.2) is 0 Å². The van der Waals surface area contributed by atoms with Crippen LogP contribution in [0.25, 0.3) is 0 Å². The van der Waals surface area contributed by atoms with Crippen LogP contribution in [0, 0.1) is 0 Å². The quantitative estimate of drug-likeness (QED) is 0.535. The second kappa shape index (κ2) is 3.58. The van der Waals surface area contributed by atoms with E-state index < -0.39 is 13.3 Å². The van der Waals surface area contributed by atoms with Crippen LogP contribution < -0.4 is 0 Å². The molecule has 0 fully saturated rings. The van der Waals surface area contributed by atoms with Gasteiger partial charge in [-0.25, -0.2) is 0 Å². The van der Waals surface area contributed by atoms with Gasteiger partial charge in [0.1, 0.15) is 0 Å². The first-order valence-corrected chi connectivity index (χ1v) is 7.92. The van der Waals surface area contributed by atoms with E-state index in [9.17, 15) is 5.11 Å². The van der Waals surface area contributed by atoms with Crippen molar-refractivity contribution in [2.45, 2.75) is 58.0 Å². The molecule has 0 aromatic rings. The maximum atomic E-state index is 10.4. The normalized spacial score (nSPS) is 19.1. The predicted octanol–water partition coefficient (Wildman–Crippen LogP) is 3.36.